The summed E-state index contributed by atoms with van der Waals surface area (Å²) in [6, 6.07) is 17.0. The van der Waals surface area contributed by atoms with Gasteiger partial charge in [0.15, 0.2) is 0 Å². The molecule has 0 radical (unpaired) electrons. The van der Waals surface area contributed by atoms with Crippen LogP contribution in [-0.4, -0.2) is 64.7 Å². The van der Waals surface area contributed by atoms with Crippen molar-refractivity contribution in [2.24, 2.45) is 5.92 Å². The number of rotatable bonds is 7. The minimum atomic E-state index is -0.385. The zero-order chi connectivity index (χ0) is 26.5. The number of aliphatic hydroxyl groups excluding tert-OH is 1. The molecule has 8 heteroatoms. The molecular formula is C29H31FN4O3. The largest absolute Gasteiger partial charge is 0.472 e. The van der Waals surface area contributed by atoms with E-state index in [9.17, 15) is 19.6 Å². The highest BCUT2D eigenvalue weighted by Crippen LogP contribution is 2.30. The molecule has 0 saturated heterocycles. The van der Waals surface area contributed by atoms with Crippen molar-refractivity contribution in [2.45, 2.75) is 32.5 Å². The van der Waals surface area contributed by atoms with Crippen molar-refractivity contribution >= 4 is 5.91 Å². The van der Waals surface area contributed by atoms with Crippen LogP contribution in [0.4, 0.5) is 4.39 Å². The Morgan fingerprint density at radius 1 is 1.24 bits per heavy atom. The van der Waals surface area contributed by atoms with Crippen LogP contribution in [0.5, 0.6) is 5.88 Å². The lowest BCUT2D eigenvalue weighted by Crippen LogP contribution is -2.49. The number of hydrogen-bond donors (Lipinski definition) is 1. The molecule has 1 N–H and O–H groups in total. The average molecular weight is 503 g/mol. The zero-order valence-corrected chi connectivity index (χ0v) is 21.3. The van der Waals surface area contributed by atoms with Gasteiger partial charge < -0.3 is 14.7 Å². The predicted molar refractivity (Wildman–Crippen MR) is 138 cm³/mol. The van der Waals surface area contributed by atoms with Gasteiger partial charge in [-0.15, -0.1) is 0 Å². The molecule has 4 rings (SSSR count). The van der Waals surface area contributed by atoms with Crippen LogP contribution in [0.3, 0.4) is 0 Å². The second-order valence-corrected chi connectivity index (χ2v) is 9.72. The molecule has 0 unspecified atom stereocenters. The Morgan fingerprint density at radius 2 is 2.00 bits per heavy atom. The Morgan fingerprint density at radius 3 is 2.70 bits per heavy atom. The molecule has 3 aromatic rings. The molecule has 1 amide bonds. The topological polar surface area (TPSA) is 89.7 Å². The summed E-state index contributed by atoms with van der Waals surface area (Å²) in [5, 5.41) is 19.2. The number of halogens is 1. The third kappa shape index (κ3) is 6.13. The second kappa shape index (κ2) is 11.5. The van der Waals surface area contributed by atoms with E-state index in [1.165, 1.54) is 12.1 Å². The number of nitrogens with zero attached hydrogens (tertiary/aromatic N) is 4. The molecule has 1 aromatic heterocycles. The number of carbonyl (C=O) groups is 1. The zero-order valence-electron chi connectivity index (χ0n) is 21.3. The number of amides is 1. The van der Waals surface area contributed by atoms with Gasteiger partial charge in [-0.25, -0.2) is 9.37 Å². The average Bonchev–Trinajstić information content (AvgIpc) is 2.91. The quantitative estimate of drug-likeness (QED) is 0.523. The number of nitriles is 1. The monoisotopic (exact) mass is 502 g/mol. The number of hydrogen-bond acceptors (Lipinski definition) is 6. The van der Waals surface area contributed by atoms with E-state index in [1.54, 1.807) is 47.5 Å². The van der Waals surface area contributed by atoms with Crippen LogP contribution in [0.25, 0.3) is 11.1 Å². The number of aromatic nitrogens is 1. The molecule has 0 spiro atoms. The van der Waals surface area contributed by atoms with Gasteiger partial charge in [-0.2, -0.15) is 5.26 Å². The van der Waals surface area contributed by atoms with E-state index in [0.29, 0.717) is 36.3 Å². The van der Waals surface area contributed by atoms with Gasteiger partial charge >= 0.3 is 0 Å². The lowest BCUT2D eigenvalue weighted by Gasteiger charge is -2.37. The maximum atomic E-state index is 13.6. The van der Waals surface area contributed by atoms with Crippen molar-refractivity contribution in [1.82, 2.24) is 14.8 Å². The summed E-state index contributed by atoms with van der Waals surface area (Å²) in [7, 11) is 1.97. The molecule has 2 aromatic carbocycles. The highest BCUT2D eigenvalue weighted by Gasteiger charge is 2.34. The molecule has 1 aliphatic heterocycles. The molecule has 1 aliphatic rings. The number of benzene rings is 2. The first-order chi connectivity index (χ1) is 17.8. The van der Waals surface area contributed by atoms with Crippen molar-refractivity contribution in [2.75, 3.05) is 26.7 Å². The summed E-state index contributed by atoms with van der Waals surface area (Å²) in [6.07, 6.45) is 1.36. The van der Waals surface area contributed by atoms with Crippen molar-refractivity contribution in [3.63, 3.8) is 0 Å². The minimum absolute atomic E-state index is 0.0458. The van der Waals surface area contributed by atoms with E-state index in [4.69, 9.17) is 4.74 Å². The summed E-state index contributed by atoms with van der Waals surface area (Å²) < 4.78 is 19.7. The third-order valence-electron chi connectivity index (χ3n) is 6.70. The molecular weight excluding hydrogens is 471 g/mol. The first kappa shape index (κ1) is 26.3. The summed E-state index contributed by atoms with van der Waals surface area (Å²) in [4.78, 5) is 21.9. The highest BCUT2D eigenvalue weighted by molar-refractivity contribution is 5.98. The number of carbonyl (C=O) groups excluding carboxylic acids is 1. The van der Waals surface area contributed by atoms with Crippen molar-refractivity contribution < 1.29 is 19.0 Å². The molecule has 0 saturated carbocycles. The Hall–Kier alpha value is -3.80. The fraction of sp³-hybridized carbons (Fsp3) is 0.345. The van der Waals surface area contributed by atoms with Crippen LogP contribution in [0.15, 0.2) is 60.8 Å². The molecule has 0 aliphatic carbocycles. The van der Waals surface area contributed by atoms with Gasteiger partial charge in [0.25, 0.3) is 5.91 Å². The molecule has 0 fully saturated rings. The van der Waals surface area contributed by atoms with Crippen LogP contribution in [0.2, 0.25) is 0 Å². The van der Waals surface area contributed by atoms with Crippen LogP contribution in [-0.2, 0) is 6.54 Å². The second-order valence-electron chi connectivity index (χ2n) is 9.72. The Balaban J connectivity index is 1.66. The minimum Gasteiger partial charge on any atom is -0.472 e. The van der Waals surface area contributed by atoms with Gasteiger partial charge in [0.2, 0.25) is 5.88 Å². The van der Waals surface area contributed by atoms with Crippen LogP contribution < -0.4 is 4.74 Å². The molecule has 7 nitrogen and oxygen atoms in total. The third-order valence-corrected chi connectivity index (χ3v) is 6.70. The first-order valence-corrected chi connectivity index (χ1v) is 12.3. The molecule has 0 bridgehead atoms. The van der Waals surface area contributed by atoms with E-state index in [0.717, 1.165) is 11.1 Å². The fourth-order valence-electron chi connectivity index (χ4n) is 4.52. The Labute approximate surface area is 216 Å². The first-order valence-electron chi connectivity index (χ1n) is 12.3. The van der Waals surface area contributed by atoms with E-state index >= 15 is 0 Å². The number of fused-ring (bicyclic) bond motifs is 1. The molecule has 2 heterocycles. The molecule has 3 atom stereocenters. The number of likely N-dealkylation sites (N-methyl/N-ethyl adjacent to an activating group) is 1. The van der Waals surface area contributed by atoms with Gasteiger partial charge in [-0.1, -0.05) is 31.2 Å². The Bertz CT molecular complexity index is 1290. The van der Waals surface area contributed by atoms with Gasteiger partial charge in [-0.05, 0) is 55.4 Å². The Kier molecular flexibility index (Phi) is 8.17. The van der Waals surface area contributed by atoms with E-state index in [-0.39, 0.29) is 42.3 Å². The number of aliphatic hydroxyl groups is 1. The summed E-state index contributed by atoms with van der Waals surface area (Å²) in [5.41, 5.74) is 3.28. The number of ether oxygens (including phenoxy) is 1. The van der Waals surface area contributed by atoms with Gasteiger partial charge in [0.1, 0.15) is 17.5 Å². The number of pyridine rings is 1. The maximum absolute atomic E-state index is 13.6. The van der Waals surface area contributed by atoms with E-state index < -0.39 is 0 Å². The van der Waals surface area contributed by atoms with Crippen molar-refractivity contribution in [3.8, 4) is 23.1 Å². The van der Waals surface area contributed by atoms with Crippen LogP contribution >= 0.6 is 0 Å². The SMILES string of the molecule is C[C@@H]1CN([C@@H](C)CO)C(=O)c2cc(-c3cccc(C#N)c3)cnc2O[C@H]1CN(C)Cc1ccc(F)cc1. The summed E-state index contributed by atoms with van der Waals surface area (Å²) in [5.74, 6) is -0.331. The molecule has 37 heavy (non-hydrogen) atoms. The lowest BCUT2D eigenvalue weighted by molar-refractivity contribution is 0.0325. The lowest BCUT2D eigenvalue weighted by atomic mass is 9.98. The maximum Gasteiger partial charge on any atom is 0.259 e. The van der Waals surface area contributed by atoms with Gasteiger partial charge in [-0.3, -0.25) is 9.69 Å². The van der Waals surface area contributed by atoms with Crippen molar-refractivity contribution in [3.05, 3.63) is 83.3 Å². The van der Waals surface area contributed by atoms with E-state index in [2.05, 4.69) is 16.0 Å². The van der Waals surface area contributed by atoms with Crippen LogP contribution in [0.1, 0.15) is 35.3 Å². The van der Waals surface area contributed by atoms with Gasteiger partial charge in [0.05, 0.1) is 24.3 Å². The van der Waals surface area contributed by atoms with Crippen LogP contribution in [0, 0.1) is 23.1 Å². The standard InChI is InChI=1S/C29H31FN4O3/c1-19-15-34(20(2)18-35)29(36)26-12-24(23-6-4-5-22(11-23)13-31)14-32-28(26)37-27(19)17-33(3)16-21-7-9-25(30)10-8-21/h4-12,14,19-20,27,35H,15-18H2,1-3H3/t19-,20+,27+/m1/s1. The predicted octanol–water partition coefficient (Wildman–Crippen LogP) is 4.11. The van der Waals surface area contributed by atoms with Crippen molar-refractivity contribution in [1.29, 1.82) is 5.26 Å². The van der Waals surface area contributed by atoms with Gasteiger partial charge in [0, 0.05) is 37.3 Å². The van der Waals surface area contributed by atoms with E-state index in [1.807, 2.05) is 27.0 Å². The normalized spacial score (nSPS) is 18.4. The smallest absolute Gasteiger partial charge is 0.259 e. The summed E-state index contributed by atoms with van der Waals surface area (Å²) >= 11 is 0. The molecule has 192 valence electrons. The highest BCUT2D eigenvalue weighted by atomic mass is 19.1. The fourth-order valence-corrected chi connectivity index (χ4v) is 4.52. The summed E-state index contributed by atoms with van der Waals surface area (Å²) in [6.45, 7) is 5.24.